The van der Waals surface area contributed by atoms with Gasteiger partial charge in [0.2, 0.25) is 5.91 Å². The van der Waals surface area contributed by atoms with Crippen LogP contribution in [-0.4, -0.2) is 49.2 Å². The first kappa shape index (κ1) is 19.4. The van der Waals surface area contributed by atoms with E-state index in [0.29, 0.717) is 24.2 Å². The normalized spacial score (nSPS) is 18.8. The molecule has 0 saturated carbocycles. The quantitative estimate of drug-likeness (QED) is 0.838. The van der Waals surface area contributed by atoms with Crippen molar-refractivity contribution in [2.24, 2.45) is 0 Å². The zero-order valence-electron chi connectivity index (χ0n) is 15.0. The second-order valence-electron chi connectivity index (χ2n) is 6.62. The molecule has 1 aromatic rings. The van der Waals surface area contributed by atoms with Crippen molar-refractivity contribution in [3.8, 4) is 0 Å². The van der Waals surface area contributed by atoms with Crippen LogP contribution >= 0.6 is 0 Å². The van der Waals surface area contributed by atoms with Gasteiger partial charge in [-0.05, 0) is 37.5 Å². The van der Waals surface area contributed by atoms with Crippen molar-refractivity contribution < 1.29 is 18.0 Å². The summed E-state index contributed by atoms with van der Waals surface area (Å²) >= 11 is 0. The second-order valence-corrected chi connectivity index (χ2v) is 8.85. The molecule has 2 rings (SSSR count). The molecule has 25 heavy (non-hydrogen) atoms. The van der Waals surface area contributed by atoms with Crippen LogP contribution in [0.5, 0.6) is 0 Å². The highest BCUT2D eigenvalue weighted by atomic mass is 32.2. The van der Waals surface area contributed by atoms with Crippen molar-refractivity contribution in [2.45, 2.75) is 46.1 Å². The number of carbonyl (C=O) groups is 2. The van der Waals surface area contributed by atoms with Gasteiger partial charge in [0.15, 0.2) is 9.84 Å². The second kappa shape index (κ2) is 7.99. The molecule has 1 atom stereocenters. The first-order valence-electron chi connectivity index (χ1n) is 8.63. The Bertz CT molecular complexity index is 758. The van der Waals surface area contributed by atoms with Gasteiger partial charge in [-0.2, -0.15) is 0 Å². The highest BCUT2D eigenvalue weighted by Crippen LogP contribution is 2.23. The molecule has 0 bridgehead atoms. The summed E-state index contributed by atoms with van der Waals surface area (Å²) < 4.78 is 23.6. The minimum Gasteiger partial charge on any atom is -0.335 e. The number of nitrogens with zero attached hydrogens (tertiary/aromatic N) is 1. The summed E-state index contributed by atoms with van der Waals surface area (Å²) in [5.74, 6) is -0.203. The number of benzene rings is 1. The monoisotopic (exact) mass is 366 g/mol. The van der Waals surface area contributed by atoms with Crippen molar-refractivity contribution in [1.82, 2.24) is 4.90 Å². The molecule has 6 nitrogen and oxygen atoms in total. The molecule has 0 spiro atoms. The Morgan fingerprint density at radius 2 is 2.04 bits per heavy atom. The van der Waals surface area contributed by atoms with Gasteiger partial charge < -0.3 is 10.2 Å². The third-order valence-corrected chi connectivity index (χ3v) is 6.21. The smallest absolute Gasteiger partial charge is 0.254 e. The van der Waals surface area contributed by atoms with Gasteiger partial charge in [-0.1, -0.05) is 19.4 Å². The number of rotatable bonds is 6. The Kier molecular flexibility index (Phi) is 6.21. The Morgan fingerprint density at radius 3 is 2.60 bits per heavy atom. The lowest BCUT2D eigenvalue weighted by Gasteiger charge is -2.28. The van der Waals surface area contributed by atoms with E-state index in [1.807, 2.05) is 13.8 Å². The molecule has 1 aliphatic rings. The van der Waals surface area contributed by atoms with Crippen molar-refractivity contribution in [3.05, 3.63) is 29.3 Å². The number of unbranched alkanes of at least 4 members (excludes halogenated alkanes) is 1. The summed E-state index contributed by atoms with van der Waals surface area (Å²) in [6, 6.07) is 4.92. The van der Waals surface area contributed by atoms with Crippen LogP contribution in [0, 0.1) is 6.92 Å². The van der Waals surface area contributed by atoms with Crippen molar-refractivity contribution in [1.29, 1.82) is 0 Å². The third-order valence-electron chi connectivity index (χ3n) is 4.46. The molecule has 0 aromatic heterocycles. The highest BCUT2D eigenvalue weighted by Gasteiger charge is 2.34. The van der Waals surface area contributed by atoms with E-state index < -0.39 is 9.84 Å². The third kappa shape index (κ3) is 5.04. The van der Waals surface area contributed by atoms with E-state index in [9.17, 15) is 18.0 Å². The van der Waals surface area contributed by atoms with Gasteiger partial charge in [-0.3, -0.25) is 9.59 Å². The minimum atomic E-state index is -3.06. The topological polar surface area (TPSA) is 83.6 Å². The van der Waals surface area contributed by atoms with Crippen LogP contribution in [0.15, 0.2) is 18.2 Å². The number of sulfone groups is 1. The van der Waals surface area contributed by atoms with Crippen LogP contribution in [0.1, 0.15) is 49.0 Å². The van der Waals surface area contributed by atoms with Gasteiger partial charge in [0, 0.05) is 30.8 Å². The lowest BCUT2D eigenvalue weighted by molar-refractivity contribution is -0.114. The van der Waals surface area contributed by atoms with Crippen LogP contribution in [0.4, 0.5) is 5.69 Å². The summed E-state index contributed by atoms with van der Waals surface area (Å²) in [7, 11) is -3.06. The maximum atomic E-state index is 13.0. The maximum Gasteiger partial charge on any atom is 0.254 e. The lowest BCUT2D eigenvalue weighted by atomic mass is 10.1. The fraction of sp³-hybridized carbons (Fsp3) is 0.556. The summed E-state index contributed by atoms with van der Waals surface area (Å²) in [5.41, 5.74) is 1.94. The lowest BCUT2D eigenvalue weighted by Crippen LogP contribution is -2.41. The molecule has 1 fully saturated rings. The predicted octanol–water partition coefficient (Wildman–Crippen LogP) is 2.38. The van der Waals surface area contributed by atoms with E-state index in [4.69, 9.17) is 0 Å². The van der Waals surface area contributed by atoms with E-state index in [1.54, 1.807) is 23.1 Å². The summed E-state index contributed by atoms with van der Waals surface area (Å²) in [4.78, 5) is 26.0. The SMILES string of the molecule is CCCCN(C(=O)c1ccc(C)c(NC(C)=O)c1)C1CCS(=O)(=O)C1. The average molecular weight is 366 g/mol. The van der Waals surface area contributed by atoms with E-state index in [-0.39, 0.29) is 29.4 Å². The first-order valence-corrected chi connectivity index (χ1v) is 10.4. The molecule has 1 heterocycles. The molecule has 1 N–H and O–H groups in total. The van der Waals surface area contributed by atoms with Crippen LogP contribution in [0.25, 0.3) is 0 Å². The Labute approximate surface area is 149 Å². The molecule has 0 radical (unpaired) electrons. The maximum absolute atomic E-state index is 13.0. The van der Waals surface area contributed by atoms with Gasteiger partial charge >= 0.3 is 0 Å². The number of anilines is 1. The van der Waals surface area contributed by atoms with Crippen LogP contribution < -0.4 is 5.32 Å². The van der Waals surface area contributed by atoms with Crippen LogP contribution in [0.2, 0.25) is 0 Å². The molecule has 2 amide bonds. The zero-order chi connectivity index (χ0) is 18.6. The molecule has 7 heteroatoms. The minimum absolute atomic E-state index is 0.0346. The van der Waals surface area contributed by atoms with E-state index >= 15 is 0 Å². The first-order chi connectivity index (χ1) is 11.7. The molecule has 138 valence electrons. The number of aryl methyl sites for hydroxylation is 1. The predicted molar refractivity (Wildman–Crippen MR) is 98.5 cm³/mol. The van der Waals surface area contributed by atoms with Gasteiger partial charge in [0.05, 0.1) is 11.5 Å². The summed E-state index contributed by atoms with van der Waals surface area (Å²) in [6.45, 7) is 5.86. The molecule has 1 aromatic carbocycles. The van der Waals surface area contributed by atoms with Gasteiger partial charge in [0.25, 0.3) is 5.91 Å². The van der Waals surface area contributed by atoms with E-state index in [0.717, 1.165) is 18.4 Å². The van der Waals surface area contributed by atoms with Gasteiger partial charge in [-0.15, -0.1) is 0 Å². The van der Waals surface area contributed by atoms with Crippen LogP contribution in [0.3, 0.4) is 0 Å². The molecular weight excluding hydrogens is 340 g/mol. The van der Waals surface area contributed by atoms with Crippen molar-refractivity contribution in [2.75, 3.05) is 23.4 Å². The fourth-order valence-electron chi connectivity index (χ4n) is 3.04. The van der Waals surface area contributed by atoms with Gasteiger partial charge in [-0.25, -0.2) is 8.42 Å². The molecular formula is C18H26N2O4S. The molecule has 1 unspecified atom stereocenters. The van der Waals surface area contributed by atoms with Crippen molar-refractivity contribution in [3.63, 3.8) is 0 Å². The number of carbonyl (C=O) groups excluding carboxylic acids is 2. The van der Waals surface area contributed by atoms with E-state index in [2.05, 4.69) is 5.32 Å². The summed E-state index contributed by atoms with van der Waals surface area (Å²) in [6.07, 6.45) is 2.24. The Morgan fingerprint density at radius 1 is 1.32 bits per heavy atom. The zero-order valence-corrected chi connectivity index (χ0v) is 15.9. The Balaban J connectivity index is 2.28. The number of nitrogens with one attached hydrogen (secondary N) is 1. The number of amides is 2. The van der Waals surface area contributed by atoms with E-state index in [1.165, 1.54) is 6.92 Å². The molecule has 0 aliphatic carbocycles. The fourth-order valence-corrected chi connectivity index (χ4v) is 4.78. The largest absolute Gasteiger partial charge is 0.335 e. The number of hydrogen-bond donors (Lipinski definition) is 1. The molecule has 1 aliphatic heterocycles. The van der Waals surface area contributed by atoms with Crippen molar-refractivity contribution >= 4 is 27.3 Å². The van der Waals surface area contributed by atoms with Gasteiger partial charge in [0.1, 0.15) is 0 Å². The molecule has 1 saturated heterocycles. The number of hydrogen-bond acceptors (Lipinski definition) is 4. The van der Waals surface area contributed by atoms with Crippen LogP contribution in [-0.2, 0) is 14.6 Å². The summed E-state index contributed by atoms with van der Waals surface area (Å²) in [5, 5.41) is 2.73. The average Bonchev–Trinajstić information content (AvgIpc) is 2.89. The Hall–Kier alpha value is -1.89. The highest BCUT2D eigenvalue weighted by molar-refractivity contribution is 7.91. The standard InChI is InChI=1S/C18H26N2O4S/c1-4-5-9-20(16-8-10-25(23,24)12-16)18(22)15-7-6-13(2)17(11-15)19-14(3)21/h6-7,11,16H,4-5,8-10,12H2,1-3H3,(H,19,21).